The molecule has 0 spiro atoms. The minimum absolute atomic E-state index is 0.287. The van der Waals surface area contributed by atoms with Gasteiger partial charge in [-0.25, -0.2) is 9.97 Å². The molecule has 5 nitrogen and oxygen atoms in total. The first-order chi connectivity index (χ1) is 9.22. The summed E-state index contributed by atoms with van der Waals surface area (Å²) in [6.45, 7) is 1.95. The lowest BCUT2D eigenvalue weighted by Gasteiger charge is -2.09. The number of anilines is 1. The molecule has 19 heavy (non-hydrogen) atoms. The summed E-state index contributed by atoms with van der Waals surface area (Å²) in [5.41, 5.74) is 7.51. The van der Waals surface area contributed by atoms with Crippen molar-refractivity contribution in [2.24, 2.45) is 0 Å². The van der Waals surface area contributed by atoms with Gasteiger partial charge in [0.1, 0.15) is 11.5 Å². The molecule has 2 aromatic heterocycles. The second-order valence-corrected chi connectivity index (χ2v) is 5.02. The Kier molecular flexibility index (Phi) is 3.11. The molecular weight excluding hydrogens is 238 g/mol. The van der Waals surface area contributed by atoms with E-state index in [0.717, 1.165) is 30.1 Å². The Labute approximate surface area is 112 Å². The molecule has 0 unspecified atom stereocenters. The second kappa shape index (κ2) is 4.91. The van der Waals surface area contributed by atoms with Gasteiger partial charge >= 0.3 is 0 Å². The number of nitrogens with two attached hydrogens (primary N) is 1. The van der Waals surface area contributed by atoms with E-state index in [1.54, 1.807) is 0 Å². The van der Waals surface area contributed by atoms with Gasteiger partial charge in [0.15, 0.2) is 5.82 Å². The smallest absolute Gasteiger partial charge is 0.223 e. The Bertz CT molecular complexity index is 590. The van der Waals surface area contributed by atoms with Crippen LogP contribution in [0.5, 0.6) is 0 Å². The molecule has 2 heterocycles. The maximum Gasteiger partial charge on any atom is 0.223 e. The van der Waals surface area contributed by atoms with E-state index in [0.29, 0.717) is 11.7 Å². The van der Waals surface area contributed by atoms with Crippen LogP contribution >= 0.6 is 0 Å². The number of hydrogen-bond acceptors (Lipinski definition) is 5. The lowest BCUT2D eigenvalue weighted by Crippen LogP contribution is -2.08. The van der Waals surface area contributed by atoms with Crippen LogP contribution in [0.15, 0.2) is 18.2 Å². The Morgan fingerprint density at radius 2 is 1.84 bits per heavy atom. The van der Waals surface area contributed by atoms with Gasteiger partial charge in [0, 0.05) is 11.6 Å². The molecule has 1 saturated carbocycles. The van der Waals surface area contributed by atoms with Gasteiger partial charge in [-0.05, 0) is 31.9 Å². The fourth-order valence-corrected chi connectivity index (χ4v) is 2.56. The molecular formula is C14H17N5. The molecule has 0 bridgehead atoms. The molecule has 0 aliphatic heterocycles. The highest BCUT2D eigenvalue weighted by Gasteiger charge is 2.21. The van der Waals surface area contributed by atoms with Gasteiger partial charge in [0.05, 0.1) is 0 Å². The van der Waals surface area contributed by atoms with E-state index < -0.39 is 0 Å². The third kappa shape index (κ3) is 2.54. The molecule has 0 amide bonds. The first kappa shape index (κ1) is 12.0. The summed E-state index contributed by atoms with van der Waals surface area (Å²) in [6.07, 6.45) is 4.77. The third-order valence-electron chi connectivity index (χ3n) is 3.51. The van der Waals surface area contributed by atoms with Crippen molar-refractivity contribution < 1.29 is 0 Å². The van der Waals surface area contributed by atoms with Crippen LogP contribution in [-0.4, -0.2) is 19.9 Å². The predicted molar refractivity (Wildman–Crippen MR) is 73.4 cm³/mol. The normalized spacial score (nSPS) is 15.8. The first-order valence-electron chi connectivity index (χ1n) is 6.68. The van der Waals surface area contributed by atoms with Gasteiger partial charge in [0.2, 0.25) is 5.95 Å². The molecule has 0 aromatic carbocycles. The Hall–Kier alpha value is -2.04. The number of hydrogen-bond donors (Lipinski definition) is 1. The van der Waals surface area contributed by atoms with Crippen LogP contribution in [0, 0.1) is 6.92 Å². The monoisotopic (exact) mass is 255 g/mol. The minimum Gasteiger partial charge on any atom is -0.368 e. The number of aromatic nitrogens is 4. The average molecular weight is 255 g/mol. The van der Waals surface area contributed by atoms with Crippen LogP contribution in [0.25, 0.3) is 11.5 Å². The molecule has 3 rings (SSSR count). The maximum atomic E-state index is 5.81. The number of aryl methyl sites for hydroxylation is 1. The van der Waals surface area contributed by atoms with Crippen molar-refractivity contribution in [3.63, 3.8) is 0 Å². The van der Waals surface area contributed by atoms with Crippen molar-refractivity contribution in [1.29, 1.82) is 0 Å². The molecule has 2 aromatic rings. The van der Waals surface area contributed by atoms with Gasteiger partial charge < -0.3 is 5.73 Å². The van der Waals surface area contributed by atoms with Gasteiger partial charge in [-0.2, -0.15) is 9.97 Å². The van der Waals surface area contributed by atoms with Crippen LogP contribution in [-0.2, 0) is 0 Å². The van der Waals surface area contributed by atoms with Crippen LogP contribution in [0.1, 0.15) is 43.1 Å². The molecule has 1 aliphatic rings. The molecule has 0 saturated heterocycles. The van der Waals surface area contributed by atoms with Crippen molar-refractivity contribution in [2.75, 3.05) is 5.73 Å². The van der Waals surface area contributed by atoms with E-state index in [9.17, 15) is 0 Å². The number of nitrogen functional groups attached to an aromatic ring is 1. The molecule has 1 fully saturated rings. The highest BCUT2D eigenvalue weighted by molar-refractivity contribution is 5.50. The molecule has 5 heteroatoms. The SMILES string of the molecule is Cc1cccc(-c2nc(N)nc(C3CCCC3)n2)n1. The fourth-order valence-electron chi connectivity index (χ4n) is 2.56. The van der Waals surface area contributed by atoms with Gasteiger partial charge in [-0.15, -0.1) is 0 Å². The van der Waals surface area contributed by atoms with Crippen molar-refractivity contribution >= 4 is 5.95 Å². The van der Waals surface area contributed by atoms with Crippen LogP contribution in [0.4, 0.5) is 5.95 Å². The van der Waals surface area contributed by atoms with Gasteiger partial charge in [0.25, 0.3) is 0 Å². The standard InChI is InChI=1S/C14H17N5/c1-9-5-4-8-11(16-9)13-17-12(18-14(15)19-13)10-6-2-3-7-10/h4-5,8,10H,2-3,6-7H2,1H3,(H2,15,17,18,19). The summed E-state index contributed by atoms with van der Waals surface area (Å²) in [5.74, 6) is 2.12. The minimum atomic E-state index is 0.287. The summed E-state index contributed by atoms with van der Waals surface area (Å²) in [6, 6.07) is 5.80. The zero-order chi connectivity index (χ0) is 13.2. The number of rotatable bonds is 2. The van der Waals surface area contributed by atoms with Crippen molar-refractivity contribution in [2.45, 2.75) is 38.5 Å². The van der Waals surface area contributed by atoms with Crippen molar-refractivity contribution in [3.8, 4) is 11.5 Å². The first-order valence-corrected chi connectivity index (χ1v) is 6.68. The molecule has 0 radical (unpaired) electrons. The van der Waals surface area contributed by atoms with E-state index >= 15 is 0 Å². The van der Waals surface area contributed by atoms with E-state index in [1.807, 2.05) is 25.1 Å². The van der Waals surface area contributed by atoms with Crippen LogP contribution < -0.4 is 5.73 Å². The largest absolute Gasteiger partial charge is 0.368 e. The topological polar surface area (TPSA) is 77.6 Å². The van der Waals surface area contributed by atoms with E-state index in [1.165, 1.54) is 12.8 Å². The highest BCUT2D eigenvalue weighted by atomic mass is 15.1. The number of pyridine rings is 1. The third-order valence-corrected chi connectivity index (χ3v) is 3.51. The lowest BCUT2D eigenvalue weighted by atomic mass is 10.1. The van der Waals surface area contributed by atoms with Crippen LogP contribution in [0.3, 0.4) is 0 Å². The Morgan fingerprint density at radius 1 is 1.05 bits per heavy atom. The zero-order valence-electron chi connectivity index (χ0n) is 11.0. The summed E-state index contributed by atoms with van der Waals surface area (Å²) >= 11 is 0. The average Bonchev–Trinajstić information content (AvgIpc) is 2.92. The lowest BCUT2D eigenvalue weighted by molar-refractivity contribution is 0.664. The molecule has 98 valence electrons. The molecule has 1 aliphatic carbocycles. The quantitative estimate of drug-likeness (QED) is 0.892. The summed E-state index contributed by atoms with van der Waals surface area (Å²) in [4.78, 5) is 17.5. The van der Waals surface area contributed by atoms with Crippen molar-refractivity contribution in [3.05, 3.63) is 29.7 Å². The van der Waals surface area contributed by atoms with Crippen molar-refractivity contribution in [1.82, 2.24) is 19.9 Å². The van der Waals surface area contributed by atoms with Gasteiger partial charge in [-0.1, -0.05) is 18.9 Å². The van der Waals surface area contributed by atoms with Crippen LogP contribution in [0.2, 0.25) is 0 Å². The number of nitrogens with zero attached hydrogens (tertiary/aromatic N) is 4. The predicted octanol–water partition coefficient (Wildman–Crippen LogP) is 2.48. The van der Waals surface area contributed by atoms with Gasteiger partial charge in [-0.3, -0.25) is 0 Å². The summed E-state index contributed by atoms with van der Waals surface area (Å²) < 4.78 is 0. The second-order valence-electron chi connectivity index (χ2n) is 5.02. The van der Waals surface area contributed by atoms with E-state index in [4.69, 9.17) is 5.73 Å². The highest BCUT2D eigenvalue weighted by Crippen LogP contribution is 2.32. The van der Waals surface area contributed by atoms with E-state index in [2.05, 4.69) is 19.9 Å². The summed E-state index contributed by atoms with van der Waals surface area (Å²) in [5, 5.41) is 0. The molecule has 2 N–H and O–H groups in total. The fraction of sp³-hybridized carbons (Fsp3) is 0.429. The zero-order valence-corrected chi connectivity index (χ0v) is 11.0. The summed E-state index contributed by atoms with van der Waals surface area (Å²) in [7, 11) is 0. The molecule has 0 atom stereocenters. The Morgan fingerprint density at radius 3 is 2.58 bits per heavy atom. The van der Waals surface area contributed by atoms with E-state index in [-0.39, 0.29) is 5.95 Å². The Balaban J connectivity index is 2.01. The maximum absolute atomic E-state index is 5.81.